The highest BCUT2D eigenvalue weighted by Crippen LogP contribution is 2.26. The van der Waals surface area contributed by atoms with E-state index < -0.39 is 0 Å². The van der Waals surface area contributed by atoms with Gasteiger partial charge in [-0.3, -0.25) is 0 Å². The Morgan fingerprint density at radius 1 is 1.11 bits per heavy atom. The summed E-state index contributed by atoms with van der Waals surface area (Å²) in [6, 6.07) is 6.45. The normalized spacial score (nSPS) is 11.9. The topological polar surface area (TPSA) is 17.8 Å². The van der Waals surface area contributed by atoms with Gasteiger partial charge in [-0.2, -0.15) is 5.10 Å². The van der Waals surface area contributed by atoms with Crippen LogP contribution in [0.25, 0.3) is 5.69 Å². The molecule has 2 aromatic rings. The molecule has 0 atom stereocenters. The minimum atomic E-state index is -0.222. The van der Waals surface area contributed by atoms with Crippen LogP contribution in [0, 0.1) is 25.1 Å². The van der Waals surface area contributed by atoms with Gasteiger partial charge in [-0.15, -0.1) is 0 Å². The molecule has 0 aliphatic rings. The monoisotopic (exact) mass is 260 g/mol. The Bertz CT molecular complexity index is 574. The first-order chi connectivity index (χ1) is 8.78. The molecule has 0 saturated heterocycles. The van der Waals surface area contributed by atoms with Crippen molar-refractivity contribution < 1.29 is 4.39 Å². The molecule has 2 rings (SSSR count). The molecule has 1 aromatic carbocycles. The van der Waals surface area contributed by atoms with Gasteiger partial charge < -0.3 is 0 Å². The Hall–Kier alpha value is -1.64. The summed E-state index contributed by atoms with van der Waals surface area (Å²) >= 11 is 0. The number of hydrogen-bond acceptors (Lipinski definition) is 1. The number of rotatable bonds is 2. The molecular weight excluding hydrogens is 239 g/mol. The molecule has 0 aliphatic heterocycles. The van der Waals surface area contributed by atoms with Gasteiger partial charge >= 0.3 is 0 Å². The molecule has 0 saturated carbocycles. The lowest BCUT2D eigenvalue weighted by molar-refractivity contribution is 0.409. The van der Waals surface area contributed by atoms with E-state index in [0.29, 0.717) is 0 Å². The maximum Gasteiger partial charge on any atom is 0.123 e. The molecule has 0 amide bonds. The van der Waals surface area contributed by atoms with Crippen LogP contribution in [0.3, 0.4) is 0 Å². The Morgan fingerprint density at radius 2 is 1.68 bits per heavy atom. The molecule has 0 bridgehead atoms. The van der Waals surface area contributed by atoms with E-state index in [-0.39, 0.29) is 11.2 Å². The van der Waals surface area contributed by atoms with Gasteiger partial charge in [0.1, 0.15) is 5.82 Å². The zero-order chi connectivity index (χ0) is 14.2. The second-order valence-electron chi connectivity index (χ2n) is 6.28. The van der Waals surface area contributed by atoms with Crippen molar-refractivity contribution in [2.75, 3.05) is 0 Å². The van der Waals surface area contributed by atoms with Crippen molar-refractivity contribution in [2.24, 2.45) is 5.41 Å². The summed E-state index contributed by atoms with van der Waals surface area (Å²) in [6.45, 7) is 10.8. The van der Waals surface area contributed by atoms with E-state index in [1.807, 2.05) is 11.6 Å². The van der Waals surface area contributed by atoms with E-state index in [1.54, 1.807) is 12.1 Å². The SMILES string of the molecule is Cc1nn(-c2ccc(F)cc2)c(C)c1CC(C)(C)C. The number of aryl methyl sites for hydroxylation is 1. The molecule has 0 fully saturated rings. The molecule has 3 heteroatoms. The van der Waals surface area contributed by atoms with Gasteiger partial charge in [0.25, 0.3) is 0 Å². The van der Waals surface area contributed by atoms with Crippen molar-refractivity contribution >= 4 is 0 Å². The third kappa shape index (κ3) is 3.03. The molecule has 102 valence electrons. The van der Waals surface area contributed by atoms with Gasteiger partial charge in [-0.1, -0.05) is 20.8 Å². The molecule has 19 heavy (non-hydrogen) atoms. The van der Waals surface area contributed by atoms with Gasteiger partial charge in [0.15, 0.2) is 0 Å². The lowest BCUT2D eigenvalue weighted by atomic mass is 9.87. The maximum atomic E-state index is 13.0. The Balaban J connectivity index is 2.44. The van der Waals surface area contributed by atoms with E-state index in [4.69, 9.17) is 0 Å². The summed E-state index contributed by atoms with van der Waals surface area (Å²) in [5.74, 6) is -0.222. The fourth-order valence-electron chi connectivity index (χ4n) is 2.29. The summed E-state index contributed by atoms with van der Waals surface area (Å²) in [5.41, 5.74) is 4.61. The van der Waals surface area contributed by atoms with Gasteiger partial charge in [-0.05, 0) is 55.5 Å². The van der Waals surface area contributed by atoms with Crippen LogP contribution in [0.5, 0.6) is 0 Å². The van der Waals surface area contributed by atoms with Crippen LogP contribution >= 0.6 is 0 Å². The van der Waals surface area contributed by atoms with Crippen LogP contribution in [0.4, 0.5) is 4.39 Å². The van der Waals surface area contributed by atoms with Gasteiger partial charge in [-0.25, -0.2) is 9.07 Å². The number of aromatic nitrogens is 2. The minimum absolute atomic E-state index is 0.222. The van der Waals surface area contributed by atoms with E-state index in [9.17, 15) is 4.39 Å². The molecule has 0 radical (unpaired) electrons. The minimum Gasteiger partial charge on any atom is -0.238 e. The third-order valence-electron chi connectivity index (χ3n) is 3.22. The van der Waals surface area contributed by atoms with Crippen molar-refractivity contribution in [3.63, 3.8) is 0 Å². The predicted octanol–water partition coefficient (Wildman–Crippen LogP) is 4.22. The van der Waals surface area contributed by atoms with E-state index >= 15 is 0 Å². The summed E-state index contributed by atoms with van der Waals surface area (Å²) < 4.78 is 14.9. The Labute approximate surface area is 114 Å². The van der Waals surface area contributed by atoms with E-state index in [2.05, 4.69) is 32.8 Å². The molecular formula is C16H21FN2. The molecule has 2 nitrogen and oxygen atoms in total. The average molecular weight is 260 g/mol. The molecule has 0 spiro atoms. The van der Waals surface area contributed by atoms with E-state index in [0.717, 1.165) is 23.5 Å². The molecule has 1 aromatic heterocycles. The van der Waals surface area contributed by atoms with Crippen molar-refractivity contribution in [3.8, 4) is 5.69 Å². The van der Waals surface area contributed by atoms with Crippen LogP contribution in [0.15, 0.2) is 24.3 Å². The van der Waals surface area contributed by atoms with Crippen molar-refractivity contribution in [3.05, 3.63) is 47.0 Å². The number of nitrogens with zero attached hydrogens (tertiary/aromatic N) is 2. The average Bonchev–Trinajstić information content (AvgIpc) is 2.56. The standard InChI is InChI=1S/C16H21FN2/c1-11-15(10-16(3,4)5)12(2)19(18-11)14-8-6-13(17)7-9-14/h6-9H,10H2,1-5H3. The van der Waals surface area contributed by atoms with Crippen molar-refractivity contribution in [1.29, 1.82) is 0 Å². The lowest BCUT2D eigenvalue weighted by Gasteiger charge is -2.18. The summed E-state index contributed by atoms with van der Waals surface area (Å²) in [5, 5.41) is 4.59. The Morgan fingerprint density at radius 3 is 2.21 bits per heavy atom. The number of halogens is 1. The smallest absolute Gasteiger partial charge is 0.123 e. The van der Waals surface area contributed by atoms with Gasteiger partial charge in [0, 0.05) is 5.69 Å². The first kappa shape index (κ1) is 13.8. The summed E-state index contributed by atoms with van der Waals surface area (Å²) in [7, 11) is 0. The lowest BCUT2D eigenvalue weighted by Crippen LogP contribution is -2.10. The highest BCUT2D eigenvalue weighted by Gasteiger charge is 2.19. The highest BCUT2D eigenvalue weighted by atomic mass is 19.1. The van der Waals surface area contributed by atoms with Gasteiger partial charge in [0.05, 0.1) is 11.4 Å². The fourth-order valence-corrected chi connectivity index (χ4v) is 2.29. The van der Waals surface area contributed by atoms with Crippen molar-refractivity contribution in [1.82, 2.24) is 9.78 Å². The Kier molecular flexibility index (Phi) is 3.48. The van der Waals surface area contributed by atoms with Crippen LogP contribution in [-0.2, 0) is 6.42 Å². The second-order valence-corrected chi connectivity index (χ2v) is 6.28. The molecule has 1 heterocycles. The first-order valence-electron chi connectivity index (χ1n) is 6.59. The quantitative estimate of drug-likeness (QED) is 0.790. The first-order valence-corrected chi connectivity index (χ1v) is 6.59. The highest BCUT2D eigenvalue weighted by molar-refractivity contribution is 5.37. The van der Waals surface area contributed by atoms with Crippen LogP contribution < -0.4 is 0 Å². The number of benzene rings is 1. The zero-order valence-electron chi connectivity index (χ0n) is 12.3. The summed E-state index contributed by atoms with van der Waals surface area (Å²) in [4.78, 5) is 0. The molecule has 0 aliphatic carbocycles. The maximum absolute atomic E-state index is 13.0. The van der Waals surface area contributed by atoms with Crippen LogP contribution in [0.1, 0.15) is 37.7 Å². The molecule has 0 N–H and O–H groups in total. The molecule has 0 unspecified atom stereocenters. The van der Waals surface area contributed by atoms with Gasteiger partial charge in [0.2, 0.25) is 0 Å². The summed E-state index contributed by atoms with van der Waals surface area (Å²) in [6.07, 6.45) is 0.992. The predicted molar refractivity (Wildman–Crippen MR) is 76.2 cm³/mol. The van der Waals surface area contributed by atoms with Crippen molar-refractivity contribution in [2.45, 2.75) is 41.0 Å². The van der Waals surface area contributed by atoms with Crippen LogP contribution in [-0.4, -0.2) is 9.78 Å². The third-order valence-corrected chi connectivity index (χ3v) is 3.22. The van der Waals surface area contributed by atoms with Crippen LogP contribution in [0.2, 0.25) is 0 Å². The largest absolute Gasteiger partial charge is 0.238 e. The number of hydrogen-bond donors (Lipinski definition) is 0. The van der Waals surface area contributed by atoms with E-state index in [1.165, 1.54) is 17.7 Å². The second kappa shape index (κ2) is 4.80. The zero-order valence-corrected chi connectivity index (χ0v) is 12.3. The fraction of sp³-hybridized carbons (Fsp3) is 0.438.